The summed E-state index contributed by atoms with van der Waals surface area (Å²) in [6.45, 7) is 6.55. The summed E-state index contributed by atoms with van der Waals surface area (Å²) >= 11 is 0. The van der Waals surface area contributed by atoms with Crippen molar-refractivity contribution >= 4 is 32.7 Å². The third-order valence-corrected chi connectivity index (χ3v) is 7.53. The van der Waals surface area contributed by atoms with E-state index in [-0.39, 0.29) is 17.2 Å². The maximum Gasteiger partial charge on any atom is 0.243 e. The van der Waals surface area contributed by atoms with Gasteiger partial charge in [-0.3, -0.25) is 4.79 Å². The number of carbonyl (C=O) groups excluding carboxylic acids is 1. The van der Waals surface area contributed by atoms with Crippen LogP contribution in [-0.4, -0.2) is 41.3 Å². The minimum absolute atomic E-state index is 0.0786. The van der Waals surface area contributed by atoms with Crippen molar-refractivity contribution in [3.63, 3.8) is 0 Å². The van der Waals surface area contributed by atoms with E-state index in [1.165, 1.54) is 9.87 Å². The van der Waals surface area contributed by atoms with E-state index in [1.54, 1.807) is 18.2 Å². The van der Waals surface area contributed by atoms with Gasteiger partial charge in [-0.05, 0) is 42.3 Å². The number of nitrogens with zero attached hydrogens (tertiary/aromatic N) is 3. The number of nitrogens with one attached hydrogen (secondary N) is 1. The van der Waals surface area contributed by atoms with Crippen molar-refractivity contribution in [2.45, 2.75) is 44.9 Å². The Morgan fingerprint density at radius 2 is 1.84 bits per heavy atom. The van der Waals surface area contributed by atoms with Gasteiger partial charge in [-0.1, -0.05) is 32.9 Å². The molecule has 1 aromatic heterocycles. The van der Waals surface area contributed by atoms with Crippen LogP contribution in [0.3, 0.4) is 0 Å². The average molecular weight is 443 g/mol. The van der Waals surface area contributed by atoms with Crippen molar-refractivity contribution < 1.29 is 13.2 Å². The Morgan fingerprint density at radius 1 is 1.10 bits per heavy atom. The van der Waals surface area contributed by atoms with Crippen LogP contribution in [0.4, 0.5) is 5.69 Å². The normalized spacial score (nSPS) is 11.9. The van der Waals surface area contributed by atoms with Crippen molar-refractivity contribution in [3.8, 4) is 0 Å². The summed E-state index contributed by atoms with van der Waals surface area (Å²) in [7, 11) is -1.66. The minimum atomic E-state index is -3.54. The second-order valence-electron chi connectivity index (χ2n) is 7.43. The molecule has 3 rings (SSSR count). The van der Waals surface area contributed by atoms with E-state index in [4.69, 9.17) is 0 Å². The van der Waals surface area contributed by atoms with Gasteiger partial charge >= 0.3 is 0 Å². The van der Waals surface area contributed by atoms with Gasteiger partial charge in [0.05, 0.1) is 15.9 Å². The average Bonchev–Trinajstić information content (AvgIpc) is 3.08. The van der Waals surface area contributed by atoms with Crippen LogP contribution < -0.4 is 5.32 Å². The number of imidazole rings is 1. The van der Waals surface area contributed by atoms with Gasteiger partial charge in [0.15, 0.2) is 0 Å². The Bertz CT molecular complexity index is 1180. The van der Waals surface area contributed by atoms with E-state index in [2.05, 4.69) is 17.2 Å². The Labute approximate surface area is 184 Å². The van der Waals surface area contributed by atoms with E-state index in [9.17, 15) is 13.2 Å². The van der Waals surface area contributed by atoms with Gasteiger partial charge in [0.1, 0.15) is 5.82 Å². The number of benzene rings is 2. The molecule has 0 bridgehead atoms. The van der Waals surface area contributed by atoms with Crippen LogP contribution in [0, 0.1) is 0 Å². The van der Waals surface area contributed by atoms with Crippen molar-refractivity contribution in [3.05, 3.63) is 53.9 Å². The number of sulfonamides is 1. The topological polar surface area (TPSA) is 84.3 Å². The zero-order chi connectivity index (χ0) is 22.6. The first kappa shape index (κ1) is 23.0. The fraction of sp³-hybridized carbons (Fsp3) is 0.391. The first-order valence-electron chi connectivity index (χ1n) is 10.6. The van der Waals surface area contributed by atoms with Crippen LogP contribution in [0.15, 0.2) is 47.4 Å². The molecule has 0 saturated carbocycles. The zero-order valence-electron chi connectivity index (χ0n) is 18.6. The summed E-state index contributed by atoms with van der Waals surface area (Å²) in [5, 5.41) is 2.93. The zero-order valence-corrected chi connectivity index (χ0v) is 19.4. The van der Waals surface area contributed by atoms with E-state index >= 15 is 0 Å². The van der Waals surface area contributed by atoms with E-state index in [0.29, 0.717) is 25.0 Å². The van der Waals surface area contributed by atoms with Crippen molar-refractivity contribution in [1.82, 2.24) is 13.9 Å². The van der Waals surface area contributed by atoms with Gasteiger partial charge in [-0.15, -0.1) is 0 Å². The second-order valence-corrected chi connectivity index (χ2v) is 9.37. The molecule has 2 aromatic carbocycles. The summed E-state index contributed by atoms with van der Waals surface area (Å²) in [5.41, 5.74) is 3.41. The maximum absolute atomic E-state index is 12.8. The molecule has 1 heterocycles. The largest absolute Gasteiger partial charge is 0.331 e. The van der Waals surface area contributed by atoms with Crippen molar-refractivity contribution in [2.24, 2.45) is 7.05 Å². The van der Waals surface area contributed by atoms with Crippen molar-refractivity contribution in [2.75, 3.05) is 18.4 Å². The molecule has 0 aliphatic carbocycles. The quantitative estimate of drug-likeness (QED) is 0.547. The van der Waals surface area contributed by atoms with Gasteiger partial charge in [0.25, 0.3) is 0 Å². The highest BCUT2D eigenvalue weighted by Crippen LogP contribution is 2.23. The van der Waals surface area contributed by atoms with Gasteiger partial charge in [-0.25, -0.2) is 13.4 Å². The van der Waals surface area contributed by atoms with E-state index in [1.807, 2.05) is 49.7 Å². The molecule has 0 atom stereocenters. The van der Waals surface area contributed by atoms with E-state index < -0.39 is 10.0 Å². The molecule has 0 radical (unpaired) electrons. The standard InChI is InChI=1S/C23H30N4O3S/c1-5-17-9-8-10-18(15-17)24-23(28)14-13-22-25-20-16-19(11-12-21(20)26(22)4)31(29,30)27(6-2)7-3/h8-12,15-16H,5-7,13-14H2,1-4H3,(H,24,28). The van der Waals surface area contributed by atoms with Crippen LogP contribution in [0.2, 0.25) is 0 Å². The summed E-state index contributed by atoms with van der Waals surface area (Å²) in [6.07, 6.45) is 1.66. The molecule has 8 heteroatoms. The maximum atomic E-state index is 12.8. The number of amides is 1. The third-order valence-electron chi connectivity index (χ3n) is 5.48. The smallest absolute Gasteiger partial charge is 0.243 e. The fourth-order valence-electron chi connectivity index (χ4n) is 3.64. The Morgan fingerprint density at radius 3 is 2.52 bits per heavy atom. The highest BCUT2D eigenvalue weighted by Gasteiger charge is 2.22. The first-order valence-corrected chi connectivity index (χ1v) is 12.1. The Hall–Kier alpha value is -2.71. The molecule has 0 fully saturated rings. The van der Waals surface area contributed by atoms with Crippen molar-refractivity contribution in [1.29, 1.82) is 0 Å². The molecule has 1 amide bonds. The molecular weight excluding hydrogens is 412 g/mol. The molecule has 0 aliphatic rings. The molecule has 31 heavy (non-hydrogen) atoms. The number of carbonyl (C=O) groups is 1. The van der Waals surface area contributed by atoms with Crippen LogP contribution in [-0.2, 0) is 34.7 Å². The predicted molar refractivity (Wildman–Crippen MR) is 124 cm³/mol. The lowest BCUT2D eigenvalue weighted by Gasteiger charge is -2.18. The Balaban J connectivity index is 1.75. The Kier molecular flexibility index (Phi) is 7.12. The molecule has 1 N–H and O–H groups in total. The van der Waals surface area contributed by atoms with E-state index in [0.717, 1.165) is 23.4 Å². The fourth-order valence-corrected chi connectivity index (χ4v) is 5.12. The lowest BCUT2D eigenvalue weighted by atomic mass is 10.1. The van der Waals surface area contributed by atoms with Gasteiger partial charge in [0, 0.05) is 38.7 Å². The first-order chi connectivity index (χ1) is 14.8. The third kappa shape index (κ3) is 4.97. The van der Waals surface area contributed by atoms with Crippen LogP contribution in [0.25, 0.3) is 11.0 Å². The summed E-state index contributed by atoms with van der Waals surface area (Å²) in [4.78, 5) is 17.2. The predicted octanol–water partition coefficient (Wildman–Crippen LogP) is 3.74. The van der Waals surface area contributed by atoms with Crippen LogP contribution in [0.5, 0.6) is 0 Å². The highest BCUT2D eigenvalue weighted by atomic mass is 32.2. The number of rotatable bonds is 9. The van der Waals surface area contributed by atoms with Gasteiger partial charge in [-0.2, -0.15) is 4.31 Å². The molecule has 0 saturated heterocycles. The van der Waals surface area contributed by atoms with Crippen LogP contribution >= 0.6 is 0 Å². The number of aromatic nitrogens is 2. The number of anilines is 1. The SMILES string of the molecule is CCc1cccc(NC(=O)CCc2nc3cc(S(=O)(=O)N(CC)CC)ccc3n2C)c1. The number of aryl methyl sites for hydroxylation is 3. The molecule has 7 nitrogen and oxygen atoms in total. The number of hydrogen-bond acceptors (Lipinski definition) is 4. The number of fused-ring (bicyclic) bond motifs is 1. The lowest BCUT2D eigenvalue weighted by molar-refractivity contribution is -0.116. The molecule has 0 spiro atoms. The summed E-state index contributed by atoms with van der Waals surface area (Å²) in [5.74, 6) is 0.662. The van der Waals surface area contributed by atoms with Crippen LogP contribution in [0.1, 0.15) is 38.6 Å². The number of hydrogen-bond donors (Lipinski definition) is 1. The minimum Gasteiger partial charge on any atom is -0.331 e. The molecule has 0 aliphatic heterocycles. The second kappa shape index (κ2) is 9.62. The lowest BCUT2D eigenvalue weighted by Crippen LogP contribution is -2.30. The summed E-state index contributed by atoms with van der Waals surface area (Å²) in [6, 6.07) is 12.8. The van der Waals surface area contributed by atoms with Gasteiger partial charge < -0.3 is 9.88 Å². The monoisotopic (exact) mass is 442 g/mol. The molecule has 166 valence electrons. The molecule has 3 aromatic rings. The molecule has 0 unspecified atom stereocenters. The summed E-state index contributed by atoms with van der Waals surface area (Å²) < 4.78 is 28.9. The van der Waals surface area contributed by atoms with Gasteiger partial charge in [0.2, 0.25) is 15.9 Å². The highest BCUT2D eigenvalue weighted by molar-refractivity contribution is 7.89. The molecular formula is C23H30N4O3S.